The fourth-order valence-electron chi connectivity index (χ4n) is 2.80. The summed E-state index contributed by atoms with van der Waals surface area (Å²) in [5.41, 5.74) is 2.47. The molecular weight excluding hydrogens is 344 g/mol. The van der Waals surface area contributed by atoms with E-state index in [1.165, 1.54) is 0 Å². The fourth-order valence-corrected chi connectivity index (χ4v) is 2.80. The first kappa shape index (κ1) is 18.5. The van der Waals surface area contributed by atoms with Crippen molar-refractivity contribution in [3.05, 3.63) is 65.9 Å². The number of benzene rings is 2. The van der Waals surface area contributed by atoms with Gasteiger partial charge in [-0.25, -0.2) is 0 Å². The van der Waals surface area contributed by atoms with E-state index in [9.17, 15) is 4.79 Å². The highest BCUT2D eigenvalue weighted by Crippen LogP contribution is 2.33. The largest absolute Gasteiger partial charge is 0.497 e. The van der Waals surface area contributed by atoms with Crippen LogP contribution in [-0.4, -0.2) is 30.2 Å². The molecule has 1 heterocycles. The highest BCUT2D eigenvalue weighted by atomic mass is 16.5. The number of rotatable bonds is 7. The van der Waals surface area contributed by atoms with Crippen molar-refractivity contribution >= 4 is 5.91 Å². The number of hydrogen-bond acceptors (Lipinski definition) is 5. The molecule has 0 radical (unpaired) electrons. The molecule has 140 valence electrons. The molecule has 0 aliphatic carbocycles. The number of nitrogens with zero attached hydrogens (tertiary/aromatic N) is 2. The number of ether oxygens (including phenoxy) is 2. The Labute approximate surface area is 158 Å². The van der Waals surface area contributed by atoms with E-state index < -0.39 is 0 Å². The Balaban J connectivity index is 1.81. The van der Waals surface area contributed by atoms with Gasteiger partial charge in [0.25, 0.3) is 0 Å². The minimum Gasteiger partial charge on any atom is -0.497 e. The Bertz CT molecular complexity index is 906. The van der Waals surface area contributed by atoms with E-state index in [4.69, 9.17) is 14.0 Å². The van der Waals surface area contributed by atoms with Crippen LogP contribution in [-0.2, 0) is 17.9 Å². The second-order valence-electron chi connectivity index (χ2n) is 6.11. The quantitative estimate of drug-likeness (QED) is 0.634. The Hall–Kier alpha value is -3.28. The maximum absolute atomic E-state index is 12.0. The first-order valence-electron chi connectivity index (χ1n) is 8.58. The summed E-state index contributed by atoms with van der Waals surface area (Å²) in [6, 6.07) is 17.1. The van der Waals surface area contributed by atoms with E-state index in [1.54, 1.807) is 26.0 Å². The molecule has 2 aromatic carbocycles. The van der Waals surface area contributed by atoms with Crippen molar-refractivity contribution in [3.63, 3.8) is 0 Å². The maximum atomic E-state index is 12.0. The third-order valence-corrected chi connectivity index (χ3v) is 4.25. The van der Waals surface area contributed by atoms with Crippen LogP contribution in [0, 0.1) is 0 Å². The number of hydrogen-bond donors (Lipinski definition) is 0. The molecule has 0 aliphatic rings. The topological polar surface area (TPSA) is 64.8 Å². The van der Waals surface area contributed by atoms with Crippen LogP contribution in [0.5, 0.6) is 11.5 Å². The van der Waals surface area contributed by atoms with Gasteiger partial charge >= 0.3 is 0 Å². The van der Waals surface area contributed by atoms with Crippen LogP contribution in [0.15, 0.2) is 59.1 Å². The molecule has 0 aliphatic heterocycles. The minimum atomic E-state index is -0.0256. The number of amides is 1. The van der Waals surface area contributed by atoms with E-state index in [1.807, 2.05) is 54.6 Å². The summed E-state index contributed by atoms with van der Waals surface area (Å²) in [6.45, 7) is 2.43. The van der Waals surface area contributed by atoms with Crippen LogP contribution in [0.25, 0.3) is 11.3 Å². The van der Waals surface area contributed by atoms with Gasteiger partial charge in [-0.1, -0.05) is 35.5 Å². The zero-order chi connectivity index (χ0) is 19.2. The zero-order valence-corrected chi connectivity index (χ0v) is 15.6. The van der Waals surface area contributed by atoms with Crippen molar-refractivity contribution in [3.8, 4) is 22.8 Å². The summed E-state index contributed by atoms with van der Waals surface area (Å²) in [7, 11) is 3.20. The van der Waals surface area contributed by atoms with E-state index >= 15 is 0 Å². The minimum absolute atomic E-state index is 0.0256. The Morgan fingerprint density at radius 1 is 1.04 bits per heavy atom. The number of methoxy groups -OCH3 is 2. The summed E-state index contributed by atoms with van der Waals surface area (Å²) < 4.78 is 16.2. The number of carbonyl (C=O) groups is 1. The number of aromatic nitrogens is 1. The standard InChI is InChI=1S/C21H22N2O4/c1-15(24)23(13-16-7-5-4-6-8-16)14-17-11-21(27-22-17)19-12-18(25-2)9-10-20(19)26-3/h4-12H,13-14H2,1-3H3. The van der Waals surface area contributed by atoms with Crippen LogP contribution in [0.2, 0.25) is 0 Å². The summed E-state index contributed by atoms with van der Waals surface area (Å²) >= 11 is 0. The molecule has 3 aromatic rings. The summed E-state index contributed by atoms with van der Waals surface area (Å²) in [5.74, 6) is 1.88. The molecular formula is C21H22N2O4. The molecule has 0 N–H and O–H groups in total. The molecule has 0 bridgehead atoms. The average molecular weight is 366 g/mol. The van der Waals surface area contributed by atoms with Crippen LogP contribution in [0.4, 0.5) is 0 Å². The monoisotopic (exact) mass is 366 g/mol. The van der Waals surface area contributed by atoms with Crippen molar-refractivity contribution < 1.29 is 18.8 Å². The lowest BCUT2D eigenvalue weighted by Gasteiger charge is -2.19. The molecule has 6 nitrogen and oxygen atoms in total. The zero-order valence-electron chi connectivity index (χ0n) is 15.6. The Morgan fingerprint density at radius 2 is 1.81 bits per heavy atom. The lowest BCUT2D eigenvalue weighted by Crippen LogP contribution is -2.27. The molecule has 0 saturated carbocycles. The van der Waals surface area contributed by atoms with E-state index in [0.717, 1.165) is 11.1 Å². The molecule has 6 heteroatoms. The summed E-state index contributed by atoms with van der Waals surface area (Å²) in [6.07, 6.45) is 0. The molecule has 27 heavy (non-hydrogen) atoms. The highest BCUT2D eigenvalue weighted by molar-refractivity contribution is 5.73. The van der Waals surface area contributed by atoms with Gasteiger partial charge in [0.1, 0.15) is 17.2 Å². The lowest BCUT2D eigenvalue weighted by molar-refractivity contribution is -0.130. The van der Waals surface area contributed by atoms with Crippen molar-refractivity contribution in [1.82, 2.24) is 10.1 Å². The highest BCUT2D eigenvalue weighted by Gasteiger charge is 2.17. The summed E-state index contributed by atoms with van der Waals surface area (Å²) in [4.78, 5) is 13.8. The first-order chi connectivity index (χ1) is 13.1. The van der Waals surface area contributed by atoms with Crippen molar-refractivity contribution in [2.45, 2.75) is 20.0 Å². The van der Waals surface area contributed by atoms with Gasteiger partial charge in [-0.15, -0.1) is 0 Å². The van der Waals surface area contributed by atoms with Crippen LogP contribution in [0.1, 0.15) is 18.2 Å². The van der Waals surface area contributed by atoms with Gasteiger partial charge in [-0.3, -0.25) is 4.79 Å². The average Bonchev–Trinajstić information content (AvgIpc) is 3.16. The molecule has 0 fully saturated rings. The predicted octanol–water partition coefficient (Wildman–Crippen LogP) is 3.91. The van der Waals surface area contributed by atoms with Gasteiger partial charge in [-0.2, -0.15) is 0 Å². The van der Waals surface area contributed by atoms with Crippen molar-refractivity contribution in [2.75, 3.05) is 14.2 Å². The normalized spacial score (nSPS) is 10.5. The second kappa shape index (κ2) is 8.40. The van der Waals surface area contributed by atoms with Crippen molar-refractivity contribution in [2.24, 2.45) is 0 Å². The van der Waals surface area contributed by atoms with Gasteiger partial charge in [0.05, 0.1) is 26.3 Å². The van der Waals surface area contributed by atoms with Gasteiger partial charge < -0.3 is 18.9 Å². The number of carbonyl (C=O) groups excluding carboxylic acids is 1. The van der Waals surface area contributed by atoms with Gasteiger partial charge in [0, 0.05) is 19.5 Å². The second-order valence-corrected chi connectivity index (χ2v) is 6.11. The van der Waals surface area contributed by atoms with Crippen molar-refractivity contribution in [1.29, 1.82) is 0 Å². The summed E-state index contributed by atoms with van der Waals surface area (Å²) in [5, 5.41) is 4.12. The molecule has 3 rings (SSSR count). The first-order valence-corrected chi connectivity index (χ1v) is 8.58. The van der Waals surface area contributed by atoms with Gasteiger partial charge in [0.15, 0.2) is 5.76 Å². The Kier molecular flexibility index (Phi) is 5.76. The third-order valence-electron chi connectivity index (χ3n) is 4.25. The Morgan fingerprint density at radius 3 is 2.48 bits per heavy atom. The predicted molar refractivity (Wildman–Crippen MR) is 101 cm³/mol. The van der Waals surface area contributed by atoms with Gasteiger partial charge in [0.2, 0.25) is 5.91 Å². The van der Waals surface area contributed by atoms with E-state index in [2.05, 4.69) is 5.16 Å². The van der Waals surface area contributed by atoms with Crippen LogP contribution in [0.3, 0.4) is 0 Å². The van der Waals surface area contributed by atoms with Gasteiger partial charge in [-0.05, 0) is 23.8 Å². The third kappa shape index (κ3) is 4.47. The van der Waals surface area contributed by atoms with E-state index in [-0.39, 0.29) is 5.91 Å². The maximum Gasteiger partial charge on any atom is 0.220 e. The molecule has 1 aromatic heterocycles. The molecule has 1 amide bonds. The van der Waals surface area contributed by atoms with Crippen LogP contribution < -0.4 is 9.47 Å². The molecule has 0 saturated heterocycles. The molecule has 0 atom stereocenters. The van der Waals surface area contributed by atoms with Crippen LogP contribution >= 0.6 is 0 Å². The lowest BCUT2D eigenvalue weighted by atomic mass is 10.1. The molecule has 0 spiro atoms. The smallest absolute Gasteiger partial charge is 0.220 e. The fraction of sp³-hybridized carbons (Fsp3) is 0.238. The van der Waals surface area contributed by atoms with E-state index in [0.29, 0.717) is 36.0 Å². The molecule has 0 unspecified atom stereocenters. The SMILES string of the molecule is COc1ccc(OC)c(-c2cc(CN(Cc3ccccc3)C(C)=O)no2)c1.